The molecule has 0 aliphatic heterocycles. The molecule has 0 atom stereocenters. The van der Waals surface area contributed by atoms with E-state index in [2.05, 4.69) is 41.5 Å². The first-order valence-corrected chi connectivity index (χ1v) is 9.92. The van der Waals surface area contributed by atoms with Crippen LogP contribution in [-0.2, 0) is 13.2 Å². The van der Waals surface area contributed by atoms with Crippen LogP contribution in [0.25, 0.3) is 0 Å². The normalized spacial score (nSPS) is 10.7. The lowest BCUT2D eigenvalue weighted by Gasteiger charge is -2.11. The maximum atomic E-state index is 11.8. The van der Waals surface area contributed by atoms with Crippen LogP contribution in [0.15, 0.2) is 51.6 Å². The number of halogens is 2. The molecule has 0 aliphatic carbocycles. The molecule has 1 amide bonds. The number of anilines is 1. The smallest absolute Gasteiger partial charge is 0.277 e. The van der Waals surface area contributed by atoms with E-state index in [9.17, 15) is 4.79 Å². The highest BCUT2D eigenvalue weighted by molar-refractivity contribution is 9.10. The topological polar surface area (TPSA) is 115 Å². The second kappa shape index (κ2) is 10.2. The molecule has 3 aromatic rings. The van der Waals surface area contributed by atoms with Crippen molar-refractivity contribution >= 4 is 39.3 Å². The highest BCUT2D eigenvalue weighted by atomic mass is 79.9. The highest BCUT2D eigenvalue weighted by Gasteiger charge is 2.14. The van der Waals surface area contributed by atoms with Crippen LogP contribution in [0.5, 0.6) is 5.75 Å². The van der Waals surface area contributed by atoms with Crippen LogP contribution >= 0.6 is 27.5 Å². The first-order chi connectivity index (χ1) is 14.0. The standard InChI is InChI=1S/C19H19BrClN5O3/c20-15-9-13(3-6-16(15)28-11-12-1-4-14(21)5-2-12)10-23-7-8-24-19(27)17-18(22)26-29-25-17/h1-6,9,23H,7-8,10-11H2,(H2,22,26)(H,24,27). The Morgan fingerprint density at radius 2 is 1.90 bits per heavy atom. The number of nitrogens with zero attached hydrogens (tertiary/aromatic N) is 2. The molecule has 3 rings (SSSR count). The third-order valence-electron chi connectivity index (χ3n) is 3.95. The van der Waals surface area contributed by atoms with E-state index in [1.54, 1.807) is 0 Å². The lowest BCUT2D eigenvalue weighted by atomic mass is 10.2. The fourth-order valence-electron chi connectivity index (χ4n) is 2.45. The zero-order valence-electron chi connectivity index (χ0n) is 15.3. The van der Waals surface area contributed by atoms with Crippen LogP contribution in [0.2, 0.25) is 5.02 Å². The number of aromatic nitrogens is 2. The van der Waals surface area contributed by atoms with Gasteiger partial charge in [-0.25, -0.2) is 4.63 Å². The highest BCUT2D eigenvalue weighted by Crippen LogP contribution is 2.27. The molecule has 8 nitrogen and oxygen atoms in total. The fourth-order valence-corrected chi connectivity index (χ4v) is 3.11. The van der Waals surface area contributed by atoms with Crippen LogP contribution < -0.4 is 21.1 Å². The average Bonchev–Trinajstić information content (AvgIpc) is 3.14. The summed E-state index contributed by atoms with van der Waals surface area (Å²) in [6.07, 6.45) is 0. The number of carbonyl (C=O) groups excluding carboxylic acids is 1. The Kier molecular flexibility index (Phi) is 7.45. The van der Waals surface area contributed by atoms with Gasteiger partial charge in [0.1, 0.15) is 12.4 Å². The second-order valence-electron chi connectivity index (χ2n) is 6.11. The molecular formula is C19H19BrClN5O3. The van der Waals surface area contributed by atoms with Crippen molar-refractivity contribution in [1.29, 1.82) is 0 Å². The Hall–Kier alpha value is -2.62. The van der Waals surface area contributed by atoms with Gasteiger partial charge in [0, 0.05) is 24.7 Å². The lowest BCUT2D eigenvalue weighted by molar-refractivity contribution is 0.0944. The lowest BCUT2D eigenvalue weighted by Crippen LogP contribution is -2.32. The van der Waals surface area contributed by atoms with E-state index in [1.165, 1.54) is 0 Å². The molecule has 0 saturated heterocycles. The van der Waals surface area contributed by atoms with Gasteiger partial charge in [-0.05, 0) is 61.6 Å². The first-order valence-electron chi connectivity index (χ1n) is 8.75. The van der Waals surface area contributed by atoms with Crippen molar-refractivity contribution < 1.29 is 14.2 Å². The van der Waals surface area contributed by atoms with Crippen LogP contribution in [-0.4, -0.2) is 29.3 Å². The van der Waals surface area contributed by atoms with Gasteiger partial charge in [0.05, 0.1) is 4.47 Å². The van der Waals surface area contributed by atoms with Crippen molar-refractivity contribution in [3.05, 3.63) is 68.8 Å². The summed E-state index contributed by atoms with van der Waals surface area (Å²) in [5, 5.41) is 13.5. The fraction of sp³-hybridized carbons (Fsp3) is 0.211. The van der Waals surface area contributed by atoms with Crippen LogP contribution in [0, 0.1) is 0 Å². The van der Waals surface area contributed by atoms with Gasteiger partial charge >= 0.3 is 0 Å². The number of rotatable bonds is 9. The molecule has 0 bridgehead atoms. The Morgan fingerprint density at radius 1 is 1.14 bits per heavy atom. The molecule has 1 aromatic heterocycles. The van der Waals surface area contributed by atoms with Crippen molar-refractivity contribution in [2.24, 2.45) is 0 Å². The zero-order chi connectivity index (χ0) is 20.6. The monoisotopic (exact) mass is 479 g/mol. The summed E-state index contributed by atoms with van der Waals surface area (Å²) < 4.78 is 11.1. The first kappa shape index (κ1) is 21.1. The van der Waals surface area contributed by atoms with Gasteiger partial charge in [0.2, 0.25) is 11.5 Å². The Balaban J connectivity index is 1.40. The number of carbonyl (C=O) groups is 1. The molecular weight excluding hydrogens is 462 g/mol. The van der Waals surface area contributed by atoms with E-state index >= 15 is 0 Å². The SMILES string of the molecule is Nc1nonc1C(=O)NCCNCc1ccc(OCc2ccc(Cl)cc2)c(Br)c1. The van der Waals surface area contributed by atoms with Gasteiger partial charge in [0.25, 0.3) is 5.91 Å². The third kappa shape index (κ3) is 6.18. The van der Waals surface area contributed by atoms with Gasteiger partial charge in [-0.2, -0.15) is 0 Å². The molecule has 0 aliphatic rings. The van der Waals surface area contributed by atoms with Crippen molar-refractivity contribution in [2.45, 2.75) is 13.2 Å². The number of ether oxygens (including phenoxy) is 1. The summed E-state index contributed by atoms with van der Waals surface area (Å²) in [6, 6.07) is 13.4. The molecule has 10 heteroatoms. The van der Waals surface area contributed by atoms with E-state index in [1.807, 2.05) is 42.5 Å². The maximum absolute atomic E-state index is 11.8. The minimum absolute atomic E-state index is 0.0110. The maximum Gasteiger partial charge on any atom is 0.277 e. The molecule has 2 aromatic carbocycles. The molecule has 1 heterocycles. The molecule has 0 radical (unpaired) electrons. The van der Waals surface area contributed by atoms with Gasteiger partial charge < -0.3 is 21.1 Å². The second-order valence-corrected chi connectivity index (χ2v) is 7.40. The van der Waals surface area contributed by atoms with Crippen molar-refractivity contribution in [1.82, 2.24) is 20.9 Å². The molecule has 152 valence electrons. The summed E-state index contributed by atoms with van der Waals surface area (Å²) in [7, 11) is 0. The number of nitrogens with one attached hydrogen (secondary N) is 2. The molecule has 0 fully saturated rings. The molecule has 0 unspecified atom stereocenters. The van der Waals surface area contributed by atoms with Gasteiger partial charge in [-0.1, -0.05) is 29.8 Å². The quantitative estimate of drug-likeness (QED) is 0.403. The number of hydrogen-bond acceptors (Lipinski definition) is 7. The largest absolute Gasteiger partial charge is 0.488 e. The van der Waals surface area contributed by atoms with Gasteiger partial charge in [-0.3, -0.25) is 4.79 Å². The predicted octanol–water partition coefficient (Wildman–Crippen LogP) is 3.17. The number of amides is 1. The molecule has 0 saturated carbocycles. The summed E-state index contributed by atoms with van der Waals surface area (Å²) in [6.45, 7) is 2.08. The van der Waals surface area contributed by atoms with Gasteiger partial charge in [0.15, 0.2) is 0 Å². The Labute approximate surface area is 180 Å². The van der Waals surface area contributed by atoms with Crippen LogP contribution in [0.4, 0.5) is 5.82 Å². The van der Waals surface area contributed by atoms with Crippen LogP contribution in [0.3, 0.4) is 0 Å². The average molecular weight is 481 g/mol. The summed E-state index contributed by atoms with van der Waals surface area (Å²) in [5.74, 6) is 0.309. The van der Waals surface area contributed by atoms with Crippen molar-refractivity contribution in [2.75, 3.05) is 18.8 Å². The minimum atomic E-state index is -0.421. The predicted molar refractivity (Wildman–Crippen MR) is 113 cm³/mol. The summed E-state index contributed by atoms with van der Waals surface area (Å²) in [4.78, 5) is 11.8. The van der Waals surface area contributed by atoms with E-state index in [-0.39, 0.29) is 11.5 Å². The number of benzene rings is 2. The molecule has 0 spiro atoms. The number of nitrogens with two attached hydrogens (primary N) is 1. The minimum Gasteiger partial charge on any atom is -0.488 e. The third-order valence-corrected chi connectivity index (χ3v) is 4.82. The van der Waals surface area contributed by atoms with E-state index in [0.717, 1.165) is 21.3 Å². The molecule has 29 heavy (non-hydrogen) atoms. The zero-order valence-corrected chi connectivity index (χ0v) is 17.7. The van der Waals surface area contributed by atoms with E-state index < -0.39 is 5.91 Å². The number of nitrogen functional groups attached to an aromatic ring is 1. The number of hydrogen-bond donors (Lipinski definition) is 3. The Morgan fingerprint density at radius 3 is 2.59 bits per heavy atom. The van der Waals surface area contributed by atoms with Crippen molar-refractivity contribution in [3.63, 3.8) is 0 Å². The summed E-state index contributed by atoms with van der Waals surface area (Å²) >= 11 is 9.43. The molecule has 4 N–H and O–H groups in total. The van der Waals surface area contributed by atoms with Crippen molar-refractivity contribution in [3.8, 4) is 5.75 Å². The van der Waals surface area contributed by atoms with E-state index in [0.29, 0.717) is 31.3 Å². The van der Waals surface area contributed by atoms with Gasteiger partial charge in [-0.15, -0.1) is 0 Å². The van der Waals surface area contributed by atoms with E-state index in [4.69, 9.17) is 22.1 Å². The summed E-state index contributed by atoms with van der Waals surface area (Å²) in [5.41, 5.74) is 7.57. The van der Waals surface area contributed by atoms with Crippen LogP contribution in [0.1, 0.15) is 21.6 Å². The Bertz CT molecular complexity index is 965.